The van der Waals surface area contributed by atoms with Crippen molar-refractivity contribution in [3.05, 3.63) is 73.1 Å². The standard InChI is InChI=1S/C30H37N4/c1-2-3-4-5-6-7-8-9-10-16-23-34-24-17-14-21-28(34)30-29(27-20-13-15-22-31-27)32-25-18-11-12-19-26(25)33-30/h11-15,17-22,24H,2-10,16,23H2,1H3/q+1. The zero-order valence-electron chi connectivity index (χ0n) is 20.5. The second-order valence-electron chi connectivity index (χ2n) is 9.09. The van der Waals surface area contributed by atoms with Crippen LogP contribution in [0.3, 0.4) is 0 Å². The molecule has 0 saturated carbocycles. The first-order valence-electron chi connectivity index (χ1n) is 13.0. The molecule has 0 unspecified atom stereocenters. The van der Waals surface area contributed by atoms with Gasteiger partial charge < -0.3 is 0 Å². The molecule has 34 heavy (non-hydrogen) atoms. The van der Waals surface area contributed by atoms with Crippen molar-refractivity contribution in [1.29, 1.82) is 0 Å². The largest absolute Gasteiger partial charge is 0.255 e. The highest BCUT2D eigenvalue weighted by atomic mass is 15.0. The SMILES string of the molecule is CCCCCCCCCCCC[n+]1ccccc1-c1nc2ccccc2nc1-c1ccccn1. The first-order valence-corrected chi connectivity index (χ1v) is 13.0. The highest BCUT2D eigenvalue weighted by Crippen LogP contribution is 2.28. The number of aromatic nitrogens is 4. The molecule has 4 rings (SSSR count). The van der Waals surface area contributed by atoms with Crippen LogP contribution in [0.5, 0.6) is 0 Å². The molecule has 4 nitrogen and oxygen atoms in total. The molecule has 0 aliphatic heterocycles. The van der Waals surface area contributed by atoms with Crippen molar-refractivity contribution >= 4 is 11.0 Å². The van der Waals surface area contributed by atoms with Gasteiger partial charge in [0.15, 0.2) is 11.9 Å². The maximum atomic E-state index is 5.06. The molecule has 1 aromatic carbocycles. The molecular formula is C30H37N4+. The molecule has 0 saturated heterocycles. The van der Waals surface area contributed by atoms with Gasteiger partial charge in [0.05, 0.1) is 16.7 Å². The van der Waals surface area contributed by atoms with Gasteiger partial charge in [-0.1, -0.05) is 76.5 Å². The number of pyridine rings is 2. The van der Waals surface area contributed by atoms with Crippen LogP contribution in [0, 0.1) is 0 Å². The number of hydrogen-bond donors (Lipinski definition) is 0. The van der Waals surface area contributed by atoms with E-state index in [0.29, 0.717) is 0 Å². The lowest BCUT2D eigenvalue weighted by atomic mass is 10.1. The zero-order chi connectivity index (χ0) is 23.4. The van der Waals surface area contributed by atoms with E-state index in [1.165, 1.54) is 64.2 Å². The average Bonchev–Trinajstić information content (AvgIpc) is 2.90. The lowest BCUT2D eigenvalue weighted by Gasteiger charge is -2.10. The van der Waals surface area contributed by atoms with E-state index >= 15 is 0 Å². The van der Waals surface area contributed by atoms with E-state index in [4.69, 9.17) is 9.97 Å². The molecule has 3 heterocycles. The molecule has 0 radical (unpaired) electrons. The quantitative estimate of drug-likeness (QED) is 0.155. The number of hydrogen-bond acceptors (Lipinski definition) is 3. The molecule has 0 N–H and O–H groups in total. The highest BCUT2D eigenvalue weighted by Gasteiger charge is 2.21. The third-order valence-corrected chi connectivity index (χ3v) is 6.41. The van der Waals surface area contributed by atoms with E-state index in [1.807, 2.05) is 48.7 Å². The second-order valence-corrected chi connectivity index (χ2v) is 9.09. The fourth-order valence-electron chi connectivity index (χ4n) is 4.52. The van der Waals surface area contributed by atoms with Crippen LogP contribution in [0.25, 0.3) is 33.8 Å². The van der Waals surface area contributed by atoms with Crippen molar-refractivity contribution in [2.45, 2.75) is 77.7 Å². The third-order valence-electron chi connectivity index (χ3n) is 6.41. The summed E-state index contributed by atoms with van der Waals surface area (Å²) in [6.07, 6.45) is 17.4. The summed E-state index contributed by atoms with van der Waals surface area (Å²) in [5, 5.41) is 0. The van der Waals surface area contributed by atoms with Crippen LogP contribution in [0.2, 0.25) is 0 Å². The molecule has 3 aromatic heterocycles. The van der Waals surface area contributed by atoms with Gasteiger partial charge in [-0.2, -0.15) is 4.57 Å². The average molecular weight is 454 g/mol. The van der Waals surface area contributed by atoms with E-state index in [2.05, 4.69) is 40.9 Å². The van der Waals surface area contributed by atoms with Crippen LogP contribution in [0.1, 0.15) is 71.1 Å². The number of para-hydroxylation sites is 2. The monoisotopic (exact) mass is 453 g/mol. The summed E-state index contributed by atoms with van der Waals surface area (Å²) < 4.78 is 2.33. The molecule has 0 bridgehead atoms. The Morgan fingerprint density at radius 2 is 1.24 bits per heavy atom. The van der Waals surface area contributed by atoms with E-state index in [0.717, 1.165) is 40.4 Å². The van der Waals surface area contributed by atoms with Crippen molar-refractivity contribution in [3.8, 4) is 22.8 Å². The van der Waals surface area contributed by atoms with E-state index < -0.39 is 0 Å². The fourth-order valence-corrected chi connectivity index (χ4v) is 4.52. The summed E-state index contributed by atoms with van der Waals surface area (Å²) in [6.45, 7) is 3.27. The first-order chi connectivity index (χ1) is 16.9. The Morgan fingerprint density at radius 1 is 0.618 bits per heavy atom. The summed E-state index contributed by atoms with van der Waals surface area (Å²) in [6, 6.07) is 20.4. The van der Waals surface area contributed by atoms with Gasteiger partial charge in [-0.3, -0.25) is 4.98 Å². The summed E-state index contributed by atoms with van der Waals surface area (Å²) in [7, 11) is 0. The number of benzene rings is 1. The van der Waals surface area contributed by atoms with Gasteiger partial charge in [-0.25, -0.2) is 9.97 Å². The number of nitrogens with zero attached hydrogens (tertiary/aromatic N) is 4. The molecule has 0 spiro atoms. The first kappa shape index (κ1) is 24.0. The summed E-state index contributed by atoms with van der Waals surface area (Å²) in [4.78, 5) is 14.6. The lowest BCUT2D eigenvalue weighted by molar-refractivity contribution is -0.686. The Kier molecular flexibility index (Phi) is 9.13. The van der Waals surface area contributed by atoms with Crippen LogP contribution in [0.15, 0.2) is 73.1 Å². The predicted molar refractivity (Wildman–Crippen MR) is 140 cm³/mol. The minimum atomic E-state index is 0.835. The Morgan fingerprint density at radius 3 is 1.91 bits per heavy atom. The summed E-state index contributed by atoms with van der Waals surface area (Å²) in [5.41, 5.74) is 5.48. The van der Waals surface area contributed by atoms with Crippen molar-refractivity contribution in [2.24, 2.45) is 0 Å². The van der Waals surface area contributed by atoms with Crippen molar-refractivity contribution in [3.63, 3.8) is 0 Å². The van der Waals surface area contributed by atoms with Gasteiger partial charge in [-0.15, -0.1) is 0 Å². The molecule has 0 fully saturated rings. The van der Waals surface area contributed by atoms with Gasteiger partial charge >= 0.3 is 0 Å². The summed E-state index contributed by atoms with van der Waals surface area (Å²) in [5.74, 6) is 0. The van der Waals surface area contributed by atoms with Crippen LogP contribution >= 0.6 is 0 Å². The molecule has 0 atom stereocenters. The van der Waals surface area contributed by atoms with Crippen LogP contribution in [-0.2, 0) is 6.54 Å². The molecule has 4 heteroatoms. The van der Waals surface area contributed by atoms with Crippen LogP contribution in [0.4, 0.5) is 0 Å². The van der Waals surface area contributed by atoms with Gasteiger partial charge in [0, 0.05) is 24.8 Å². The lowest BCUT2D eigenvalue weighted by Crippen LogP contribution is -2.36. The Bertz CT molecular complexity index is 1160. The zero-order valence-corrected chi connectivity index (χ0v) is 20.5. The highest BCUT2D eigenvalue weighted by molar-refractivity contribution is 5.83. The molecule has 176 valence electrons. The maximum Gasteiger partial charge on any atom is 0.233 e. The van der Waals surface area contributed by atoms with Crippen LogP contribution in [-0.4, -0.2) is 15.0 Å². The minimum absolute atomic E-state index is 0.835. The van der Waals surface area contributed by atoms with E-state index in [1.54, 1.807) is 0 Å². The molecular weight excluding hydrogens is 416 g/mol. The normalized spacial score (nSPS) is 11.2. The smallest absolute Gasteiger partial charge is 0.233 e. The van der Waals surface area contributed by atoms with Crippen molar-refractivity contribution < 1.29 is 4.57 Å². The van der Waals surface area contributed by atoms with Gasteiger partial charge in [0.25, 0.3) is 0 Å². The van der Waals surface area contributed by atoms with Gasteiger partial charge in [-0.05, 0) is 36.8 Å². The Balaban J connectivity index is 1.46. The van der Waals surface area contributed by atoms with Crippen LogP contribution < -0.4 is 4.57 Å². The van der Waals surface area contributed by atoms with E-state index in [9.17, 15) is 0 Å². The predicted octanol–water partition coefficient (Wildman–Crippen LogP) is 7.57. The van der Waals surface area contributed by atoms with Crippen molar-refractivity contribution in [2.75, 3.05) is 0 Å². The van der Waals surface area contributed by atoms with Crippen molar-refractivity contribution in [1.82, 2.24) is 15.0 Å². The Hall–Kier alpha value is -3.14. The maximum absolute atomic E-state index is 5.06. The minimum Gasteiger partial charge on any atom is -0.255 e. The molecule has 4 aromatic rings. The number of rotatable bonds is 13. The topological polar surface area (TPSA) is 42.5 Å². The molecule has 0 amide bonds. The van der Waals surface area contributed by atoms with Gasteiger partial charge in [0.2, 0.25) is 5.69 Å². The fraction of sp³-hybridized carbons (Fsp3) is 0.400. The molecule has 0 aliphatic rings. The summed E-state index contributed by atoms with van der Waals surface area (Å²) >= 11 is 0. The molecule has 0 aliphatic carbocycles. The number of unbranched alkanes of at least 4 members (excludes halogenated alkanes) is 9. The number of aryl methyl sites for hydroxylation is 1. The Labute approximate surface area is 204 Å². The third kappa shape index (κ3) is 6.47. The number of fused-ring (bicyclic) bond motifs is 1. The van der Waals surface area contributed by atoms with E-state index in [-0.39, 0.29) is 0 Å². The van der Waals surface area contributed by atoms with Gasteiger partial charge in [0.1, 0.15) is 12.2 Å². The second kappa shape index (κ2) is 12.9.